The molecule has 1 atom stereocenters. The van der Waals surface area contributed by atoms with E-state index in [0.717, 1.165) is 11.8 Å². The number of aliphatic hydroxyl groups is 1. The molecule has 0 aliphatic carbocycles. The van der Waals surface area contributed by atoms with Crippen LogP contribution < -0.4 is 0 Å². The van der Waals surface area contributed by atoms with E-state index < -0.39 is 18.0 Å². The number of aromatic nitrogens is 2. The van der Waals surface area contributed by atoms with E-state index in [1.54, 1.807) is 6.26 Å². The normalized spacial score (nSPS) is 14.2. The van der Waals surface area contributed by atoms with Gasteiger partial charge in [0, 0.05) is 5.75 Å². The van der Waals surface area contributed by atoms with E-state index in [9.17, 15) is 13.2 Å². The zero-order valence-corrected chi connectivity index (χ0v) is 9.93. The summed E-state index contributed by atoms with van der Waals surface area (Å²) in [6.07, 6.45) is -5.08. The number of halogens is 3. The van der Waals surface area contributed by atoms with Gasteiger partial charge in [-0.25, -0.2) is 0 Å². The van der Waals surface area contributed by atoms with Gasteiger partial charge in [0.25, 0.3) is 0 Å². The van der Waals surface area contributed by atoms with Crippen LogP contribution >= 0.6 is 34.9 Å². The standard InChI is InChI=1S/C6H7F3N2OS3/c1-13-4-10-11-5(15-4)14-2-3(12)6(7,8)9/h3,12H,2H2,1H3. The molecule has 15 heavy (non-hydrogen) atoms. The van der Waals surface area contributed by atoms with Crippen molar-refractivity contribution in [2.75, 3.05) is 12.0 Å². The third kappa shape index (κ3) is 4.17. The molecule has 1 N–H and O–H groups in total. The van der Waals surface area contributed by atoms with Gasteiger partial charge in [-0.15, -0.1) is 10.2 Å². The van der Waals surface area contributed by atoms with Crippen molar-refractivity contribution in [3.63, 3.8) is 0 Å². The zero-order chi connectivity index (χ0) is 11.5. The van der Waals surface area contributed by atoms with Crippen molar-refractivity contribution in [2.45, 2.75) is 21.0 Å². The van der Waals surface area contributed by atoms with Crippen molar-refractivity contribution in [3.8, 4) is 0 Å². The summed E-state index contributed by atoms with van der Waals surface area (Å²) in [6, 6.07) is 0. The molecule has 1 aromatic rings. The molecule has 86 valence electrons. The number of rotatable bonds is 4. The van der Waals surface area contributed by atoms with Crippen LogP contribution in [0.15, 0.2) is 8.68 Å². The highest BCUT2D eigenvalue weighted by Crippen LogP contribution is 2.30. The molecular formula is C6H7F3N2OS3. The first-order valence-electron chi connectivity index (χ1n) is 3.68. The van der Waals surface area contributed by atoms with Crippen molar-refractivity contribution in [1.82, 2.24) is 10.2 Å². The van der Waals surface area contributed by atoms with Crippen molar-refractivity contribution in [3.05, 3.63) is 0 Å². The van der Waals surface area contributed by atoms with E-state index in [-0.39, 0.29) is 0 Å². The SMILES string of the molecule is CSc1nnc(SCC(O)C(F)(F)F)s1. The number of hydrogen-bond acceptors (Lipinski definition) is 6. The Hall–Kier alpha value is 0.01000. The average molecular weight is 276 g/mol. The lowest BCUT2D eigenvalue weighted by molar-refractivity contribution is -0.195. The minimum Gasteiger partial charge on any atom is -0.383 e. The molecule has 1 rings (SSSR count). The molecule has 0 radical (unpaired) electrons. The van der Waals surface area contributed by atoms with E-state index in [1.807, 2.05) is 0 Å². The fourth-order valence-corrected chi connectivity index (χ4v) is 3.01. The van der Waals surface area contributed by atoms with Gasteiger partial charge in [-0.3, -0.25) is 0 Å². The van der Waals surface area contributed by atoms with Crippen LogP contribution in [0.1, 0.15) is 0 Å². The lowest BCUT2D eigenvalue weighted by Crippen LogP contribution is -2.30. The Bertz CT molecular complexity index is 317. The van der Waals surface area contributed by atoms with Crippen molar-refractivity contribution < 1.29 is 18.3 Å². The second kappa shape index (κ2) is 5.37. The van der Waals surface area contributed by atoms with Crippen molar-refractivity contribution in [2.24, 2.45) is 0 Å². The highest BCUT2D eigenvalue weighted by molar-refractivity contribution is 8.03. The molecule has 0 aliphatic rings. The molecule has 0 spiro atoms. The minimum absolute atomic E-state index is 0.433. The Labute approximate surface area is 96.5 Å². The van der Waals surface area contributed by atoms with Crippen molar-refractivity contribution in [1.29, 1.82) is 0 Å². The molecule has 1 unspecified atom stereocenters. The first kappa shape index (κ1) is 13.1. The summed E-state index contributed by atoms with van der Waals surface area (Å²) in [6.45, 7) is 0. The molecule has 0 amide bonds. The van der Waals surface area contributed by atoms with Gasteiger partial charge >= 0.3 is 6.18 Å². The van der Waals surface area contributed by atoms with E-state index >= 15 is 0 Å². The second-order valence-electron chi connectivity index (χ2n) is 2.41. The molecule has 0 fully saturated rings. The molecule has 1 heterocycles. The number of alkyl halides is 3. The molecule has 0 bridgehead atoms. The Morgan fingerprint density at radius 1 is 1.40 bits per heavy atom. The quantitative estimate of drug-likeness (QED) is 0.855. The van der Waals surface area contributed by atoms with Gasteiger partial charge < -0.3 is 5.11 Å². The van der Waals surface area contributed by atoms with E-state index in [4.69, 9.17) is 5.11 Å². The molecule has 3 nitrogen and oxygen atoms in total. The lowest BCUT2D eigenvalue weighted by Gasteiger charge is -2.12. The number of aliphatic hydroxyl groups excluding tert-OH is 1. The van der Waals surface area contributed by atoms with Crippen LogP contribution in [0.4, 0.5) is 13.2 Å². The van der Waals surface area contributed by atoms with Gasteiger partial charge in [0.2, 0.25) is 0 Å². The summed E-state index contributed by atoms with van der Waals surface area (Å²) in [7, 11) is 0. The van der Waals surface area contributed by atoms with Crippen LogP contribution in [-0.2, 0) is 0 Å². The molecule has 0 aliphatic heterocycles. The Kier molecular flexibility index (Phi) is 4.68. The summed E-state index contributed by atoms with van der Waals surface area (Å²) in [5.41, 5.74) is 0. The highest BCUT2D eigenvalue weighted by Gasteiger charge is 2.38. The zero-order valence-electron chi connectivity index (χ0n) is 7.48. The van der Waals surface area contributed by atoms with Crippen LogP contribution in [-0.4, -0.2) is 39.6 Å². The topological polar surface area (TPSA) is 46.0 Å². The monoisotopic (exact) mass is 276 g/mol. The summed E-state index contributed by atoms with van der Waals surface area (Å²) in [5.74, 6) is -0.452. The van der Waals surface area contributed by atoms with Crippen LogP contribution in [0.2, 0.25) is 0 Å². The van der Waals surface area contributed by atoms with Crippen LogP contribution in [0.25, 0.3) is 0 Å². The van der Waals surface area contributed by atoms with Crippen LogP contribution in [0.5, 0.6) is 0 Å². The van der Waals surface area contributed by atoms with E-state index in [1.165, 1.54) is 23.1 Å². The van der Waals surface area contributed by atoms with Crippen LogP contribution in [0, 0.1) is 0 Å². The Morgan fingerprint density at radius 2 is 2.00 bits per heavy atom. The Balaban J connectivity index is 2.43. The first-order chi connectivity index (χ1) is 6.93. The third-order valence-electron chi connectivity index (χ3n) is 1.31. The largest absolute Gasteiger partial charge is 0.415 e. The van der Waals surface area contributed by atoms with Gasteiger partial charge in [-0.05, 0) is 6.26 Å². The van der Waals surface area contributed by atoms with Gasteiger partial charge in [0.1, 0.15) is 0 Å². The number of nitrogens with zero attached hydrogens (tertiary/aromatic N) is 2. The maximum Gasteiger partial charge on any atom is 0.415 e. The lowest BCUT2D eigenvalue weighted by atomic mass is 10.4. The predicted octanol–water partition coefficient (Wildman–Crippen LogP) is 2.28. The first-order valence-corrected chi connectivity index (χ1v) is 6.71. The molecule has 9 heteroatoms. The minimum atomic E-state index is -4.57. The highest BCUT2D eigenvalue weighted by atomic mass is 32.2. The van der Waals surface area contributed by atoms with Gasteiger partial charge in [-0.2, -0.15) is 13.2 Å². The average Bonchev–Trinajstić information content (AvgIpc) is 2.60. The van der Waals surface area contributed by atoms with Gasteiger partial charge in [0.15, 0.2) is 14.8 Å². The number of hydrogen-bond donors (Lipinski definition) is 1. The molecule has 1 aromatic heterocycles. The number of thioether (sulfide) groups is 2. The predicted molar refractivity (Wildman–Crippen MR) is 54.5 cm³/mol. The summed E-state index contributed by atoms with van der Waals surface area (Å²) < 4.78 is 36.9. The van der Waals surface area contributed by atoms with Gasteiger partial charge in [-0.1, -0.05) is 34.9 Å². The fourth-order valence-electron chi connectivity index (χ4n) is 0.583. The summed E-state index contributed by atoms with van der Waals surface area (Å²) in [4.78, 5) is 0. The maximum absolute atomic E-state index is 11.9. The van der Waals surface area contributed by atoms with Gasteiger partial charge in [0.05, 0.1) is 0 Å². The Morgan fingerprint density at radius 3 is 2.47 bits per heavy atom. The van der Waals surface area contributed by atoms with Crippen molar-refractivity contribution >= 4 is 34.9 Å². The fraction of sp³-hybridized carbons (Fsp3) is 0.667. The molecule has 0 aromatic carbocycles. The third-order valence-corrected chi connectivity index (χ3v) is 4.41. The maximum atomic E-state index is 11.9. The molecular weight excluding hydrogens is 269 g/mol. The van der Waals surface area contributed by atoms with Crippen LogP contribution in [0.3, 0.4) is 0 Å². The molecule has 0 saturated heterocycles. The smallest absolute Gasteiger partial charge is 0.383 e. The summed E-state index contributed by atoms with van der Waals surface area (Å²) in [5, 5.41) is 16.1. The second-order valence-corrected chi connectivity index (χ2v) is 5.70. The van der Waals surface area contributed by atoms with E-state index in [0.29, 0.717) is 8.68 Å². The van der Waals surface area contributed by atoms with E-state index in [2.05, 4.69) is 10.2 Å². The molecule has 0 saturated carbocycles. The summed E-state index contributed by atoms with van der Waals surface area (Å²) >= 11 is 3.44.